The van der Waals surface area contributed by atoms with Crippen molar-refractivity contribution in [2.75, 3.05) is 23.8 Å². The van der Waals surface area contributed by atoms with E-state index >= 15 is 0 Å². The van der Waals surface area contributed by atoms with Gasteiger partial charge in [0.05, 0.1) is 22.3 Å². The first-order valence-electron chi connectivity index (χ1n) is 9.88. The summed E-state index contributed by atoms with van der Waals surface area (Å²) in [6.45, 7) is 0.382. The molecule has 6 nitrogen and oxygen atoms in total. The highest BCUT2D eigenvalue weighted by Crippen LogP contribution is 2.42. The van der Waals surface area contributed by atoms with Crippen molar-refractivity contribution in [3.05, 3.63) is 77.1 Å². The highest BCUT2D eigenvalue weighted by molar-refractivity contribution is 9.09. The third-order valence-electron chi connectivity index (χ3n) is 5.66. The van der Waals surface area contributed by atoms with Crippen molar-refractivity contribution < 1.29 is 22.7 Å². The van der Waals surface area contributed by atoms with Crippen molar-refractivity contribution in [2.24, 2.45) is 0 Å². The van der Waals surface area contributed by atoms with E-state index in [-0.39, 0.29) is 16.0 Å². The van der Waals surface area contributed by atoms with E-state index in [1.54, 1.807) is 6.07 Å². The van der Waals surface area contributed by atoms with Crippen LogP contribution in [0.4, 0.5) is 15.8 Å². The van der Waals surface area contributed by atoms with E-state index in [1.807, 2.05) is 35.2 Å². The second-order valence-corrected chi connectivity index (χ2v) is 10.6. The number of rotatable bonds is 4. The van der Waals surface area contributed by atoms with E-state index in [2.05, 4.69) is 15.9 Å². The van der Waals surface area contributed by atoms with Gasteiger partial charge in [-0.25, -0.2) is 17.6 Å². The number of likely N-dealkylation sites (N-methyl/N-ethyl adjacent to an activating group) is 1. The van der Waals surface area contributed by atoms with Gasteiger partial charge in [0.25, 0.3) is 0 Å². The summed E-state index contributed by atoms with van der Waals surface area (Å²) in [4.78, 5) is 13.3. The number of nitrogens with zero attached hydrogens (tertiary/aromatic N) is 2. The van der Waals surface area contributed by atoms with Gasteiger partial charge in [0, 0.05) is 30.2 Å². The molecule has 0 fully saturated rings. The number of para-hydroxylation sites is 1. The van der Waals surface area contributed by atoms with Crippen LogP contribution in [-0.2, 0) is 10.0 Å². The molecule has 0 saturated carbocycles. The zero-order valence-electron chi connectivity index (χ0n) is 17.4. The van der Waals surface area contributed by atoms with Crippen LogP contribution < -0.4 is 4.90 Å². The molecule has 33 heavy (non-hydrogen) atoms. The summed E-state index contributed by atoms with van der Waals surface area (Å²) in [7, 11) is -2.41. The fourth-order valence-corrected chi connectivity index (χ4v) is 6.45. The van der Waals surface area contributed by atoms with Crippen LogP contribution in [0.25, 0.3) is 11.1 Å². The van der Waals surface area contributed by atoms with E-state index < -0.39 is 27.4 Å². The number of carboxylic acids is 1. The van der Waals surface area contributed by atoms with Crippen molar-refractivity contribution in [2.45, 2.75) is 10.9 Å². The normalized spacial score (nSPS) is 17.9. The van der Waals surface area contributed by atoms with Crippen LogP contribution in [0.3, 0.4) is 0 Å². The van der Waals surface area contributed by atoms with Crippen LogP contribution in [0.5, 0.6) is 0 Å². The lowest BCUT2D eigenvalue weighted by Crippen LogP contribution is -2.42. The quantitative estimate of drug-likeness (QED) is 0.439. The number of benzene rings is 3. The molecule has 1 N–H and O–H groups in total. The Labute approximate surface area is 204 Å². The van der Waals surface area contributed by atoms with E-state index in [0.29, 0.717) is 28.7 Å². The first-order valence-corrected chi connectivity index (χ1v) is 12.8. The minimum atomic E-state index is -3.93. The number of hydrogen-bond donors (Lipinski definition) is 1. The van der Waals surface area contributed by atoms with Gasteiger partial charge in [-0.3, -0.25) is 0 Å². The molecule has 0 radical (unpaired) electrons. The number of carboxylic acid groups (broad SMARTS) is 1. The standard InChI is InChI=1S/C23H19BrClFN2O4S/c1-27-16(12-24)13-28(15-5-3-2-4-6-15)21-11-19(25)17(10-22(21)33(27,31)32)14-7-8-20(26)18(9-14)23(29)30/h2-11,16H,12-13H2,1H3,(H,29,30)/t16-/m1/s1. The highest BCUT2D eigenvalue weighted by atomic mass is 79.9. The van der Waals surface area contributed by atoms with E-state index in [1.165, 1.54) is 23.5 Å². The predicted molar refractivity (Wildman–Crippen MR) is 130 cm³/mol. The summed E-state index contributed by atoms with van der Waals surface area (Å²) in [5.41, 5.74) is 1.27. The fourth-order valence-electron chi connectivity index (χ4n) is 3.81. The Morgan fingerprint density at radius 2 is 1.88 bits per heavy atom. The average Bonchev–Trinajstić information content (AvgIpc) is 2.87. The molecule has 1 aliphatic rings. The number of anilines is 2. The minimum Gasteiger partial charge on any atom is -0.478 e. The monoisotopic (exact) mass is 552 g/mol. The molecule has 172 valence electrons. The SMILES string of the molecule is CN1[C@H](CBr)CN(c2ccccc2)c2cc(Cl)c(-c3ccc(F)c(C(=O)O)c3)cc2S1(=O)=O. The van der Waals surface area contributed by atoms with Gasteiger partial charge in [-0.2, -0.15) is 4.31 Å². The van der Waals surface area contributed by atoms with Crippen LogP contribution in [0.1, 0.15) is 10.4 Å². The molecule has 0 saturated heterocycles. The van der Waals surface area contributed by atoms with E-state index in [4.69, 9.17) is 11.6 Å². The maximum atomic E-state index is 13.9. The Bertz CT molecular complexity index is 1340. The Balaban J connectivity index is 1.98. The largest absolute Gasteiger partial charge is 0.478 e. The van der Waals surface area contributed by atoms with Gasteiger partial charge in [-0.05, 0) is 42.0 Å². The molecule has 1 heterocycles. The Morgan fingerprint density at radius 3 is 2.52 bits per heavy atom. The Hall–Kier alpha value is -2.46. The van der Waals surface area contributed by atoms with Crippen LogP contribution in [-0.4, -0.2) is 48.8 Å². The van der Waals surface area contributed by atoms with Crippen LogP contribution in [0.15, 0.2) is 65.6 Å². The maximum absolute atomic E-state index is 13.9. The molecule has 0 amide bonds. The van der Waals surface area contributed by atoms with Gasteiger partial charge < -0.3 is 10.0 Å². The predicted octanol–water partition coefficient (Wildman–Crippen LogP) is 5.38. The van der Waals surface area contributed by atoms with Crippen LogP contribution in [0, 0.1) is 5.82 Å². The van der Waals surface area contributed by atoms with Crippen LogP contribution >= 0.6 is 27.5 Å². The molecule has 0 bridgehead atoms. The number of aromatic carboxylic acids is 1. The zero-order chi connectivity index (χ0) is 23.9. The number of carbonyl (C=O) groups is 1. The number of halogens is 3. The number of sulfonamides is 1. The molecule has 3 aromatic rings. The molecule has 1 atom stereocenters. The molecule has 1 aliphatic heterocycles. The summed E-state index contributed by atoms with van der Waals surface area (Å²) >= 11 is 10.0. The van der Waals surface area contributed by atoms with E-state index in [0.717, 1.165) is 17.8 Å². The van der Waals surface area contributed by atoms with Crippen molar-refractivity contribution in [3.8, 4) is 11.1 Å². The molecule has 4 rings (SSSR count). The minimum absolute atomic E-state index is 0.0258. The van der Waals surface area contributed by atoms with Crippen molar-refractivity contribution in [1.29, 1.82) is 0 Å². The van der Waals surface area contributed by atoms with Gasteiger partial charge in [-0.15, -0.1) is 0 Å². The summed E-state index contributed by atoms with van der Waals surface area (Å²) in [5, 5.41) is 9.92. The third kappa shape index (κ3) is 4.26. The number of hydrogen-bond acceptors (Lipinski definition) is 4. The molecular formula is C23H19BrClFN2O4S. The molecular weight excluding hydrogens is 535 g/mol. The third-order valence-corrected chi connectivity index (χ3v) is 8.66. The second kappa shape index (κ2) is 9.06. The lowest BCUT2D eigenvalue weighted by Gasteiger charge is -2.28. The molecule has 0 spiro atoms. The zero-order valence-corrected chi connectivity index (χ0v) is 20.5. The number of alkyl halides is 1. The van der Waals surface area contributed by atoms with Crippen molar-refractivity contribution >= 4 is 54.9 Å². The second-order valence-electron chi connectivity index (χ2n) is 7.58. The first-order chi connectivity index (χ1) is 15.6. The van der Waals surface area contributed by atoms with Gasteiger partial charge in [0.2, 0.25) is 10.0 Å². The van der Waals surface area contributed by atoms with Gasteiger partial charge in [0.1, 0.15) is 10.7 Å². The lowest BCUT2D eigenvalue weighted by molar-refractivity contribution is 0.0692. The van der Waals surface area contributed by atoms with Gasteiger partial charge >= 0.3 is 5.97 Å². The van der Waals surface area contributed by atoms with Crippen molar-refractivity contribution in [3.63, 3.8) is 0 Å². The smallest absolute Gasteiger partial charge is 0.338 e. The molecule has 0 aliphatic carbocycles. The summed E-state index contributed by atoms with van der Waals surface area (Å²) in [6, 6.07) is 15.5. The Kier molecular flexibility index (Phi) is 6.50. The molecule has 3 aromatic carbocycles. The van der Waals surface area contributed by atoms with Gasteiger partial charge in [-0.1, -0.05) is 51.8 Å². The summed E-state index contributed by atoms with van der Waals surface area (Å²) in [5.74, 6) is -2.32. The number of fused-ring (bicyclic) bond motifs is 1. The summed E-state index contributed by atoms with van der Waals surface area (Å²) < 4.78 is 42.4. The van der Waals surface area contributed by atoms with Gasteiger partial charge in [0.15, 0.2) is 0 Å². The Morgan fingerprint density at radius 1 is 1.18 bits per heavy atom. The first kappa shape index (κ1) is 23.7. The summed E-state index contributed by atoms with van der Waals surface area (Å²) in [6.07, 6.45) is 0. The fraction of sp³-hybridized carbons (Fsp3) is 0.174. The lowest BCUT2D eigenvalue weighted by atomic mass is 10.0. The molecule has 10 heteroatoms. The molecule has 0 unspecified atom stereocenters. The molecule has 0 aromatic heterocycles. The van der Waals surface area contributed by atoms with Crippen LogP contribution in [0.2, 0.25) is 5.02 Å². The highest BCUT2D eigenvalue weighted by Gasteiger charge is 2.37. The van der Waals surface area contributed by atoms with Crippen molar-refractivity contribution in [1.82, 2.24) is 4.31 Å². The topological polar surface area (TPSA) is 77.9 Å². The average molecular weight is 554 g/mol. The van der Waals surface area contributed by atoms with E-state index in [9.17, 15) is 22.7 Å². The maximum Gasteiger partial charge on any atom is 0.338 e.